The average Bonchev–Trinajstić information content (AvgIpc) is 2.98. The van der Waals surface area contributed by atoms with Gasteiger partial charge in [0, 0.05) is 5.69 Å². The van der Waals surface area contributed by atoms with Crippen LogP contribution in [-0.4, -0.2) is 25.8 Å². The van der Waals surface area contributed by atoms with E-state index in [1.807, 2.05) is 13.8 Å². The second kappa shape index (κ2) is 4.73. The first-order chi connectivity index (χ1) is 10.0. The number of aryl methyl sites for hydroxylation is 1. The van der Waals surface area contributed by atoms with Gasteiger partial charge in [0.15, 0.2) is 5.58 Å². The number of carbonyl (C=O) groups is 1. The molecule has 2 aromatic heterocycles. The lowest BCUT2D eigenvalue weighted by molar-refractivity contribution is 0.0697. The number of rotatable bonds is 3. The van der Waals surface area contributed by atoms with Gasteiger partial charge in [-0.2, -0.15) is 14.8 Å². The summed E-state index contributed by atoms with van der Waals surface area (Å²) in [6.45, 7) is 6.00. The molecule has 0 saturated heterocycles. The number of aromatic carboxylic acids is 1. The van der Waals surface area contributed by atoms with Crippen LogP contribution in [-0.2, 0) is 6.42 Å². The number of nitrogens with zero attached hydrogens (tertiary/aromatic N) is 3. The number of hydrogen-bond acceptors (Lipinski definition) is 4. The quantitative estimate of drug-likeness (QED) is 0.800. The Hall–Kier alpha value is -2.63. The number of carboxylic acid groups (broad SMARTS) is 1. The molecule has 0 bridgehead atoms. The second-order valence-electron chi connectivity index (χ2n) is 4.90. The molecular weight excluding hydrogens is 270 g/mol. The molecule has 0 saturated carbocycles. The normalized spacial score (nSPS) is 11.2. The fraction of sp³-hybridized carbons (Fsp3) is 0.267. The predicted molar refractivity (Wildman–Crippen MR) is 76.9 cm³/mol. The summed E-state index contributed by atoms with van der Waals surface area (Å²) in [4.78, 5) is 15.4. The number of benzene rings is 1. The molecule has 3 rings (SSSR count). The van der Waals surface area contributed by atoms with Crippen molar-refractivity contribution < 1.29 is 14.3 Å². The van der Waals surface area contributed by atoms with Crippen LogP contribution in [0.1, 0.15) is 34.2 Å². The van der Waals surface area contributed by atoms with Gasteiger partial charge < -0.3 is 9.52 Å². The zero-order chi connectivity index (χ0) is 15.1. The first-order valence-corrected chi connectivity index (χ1v) is 6.70. The number of aromatic nitrogens is 3. The molecule has 0 aliphatic rings. The first-order valence-electron chi connectivity index (χ1n) is 6.70. The van der Waals surface area contributed by atoms with Crippen LogP contribution in [0.2, 0.25) is 0 Å². The summed E-state index contributed by atoms with van der Waals surface area (Å²) >= 11 is 0. The molecule has 0 aliphatic carbocycles. The maximum Gasteiger partial charge on any atom is 0.335 e. The van der Waals surface area contributed by atoms with E-state index in [1.165, 1.54) is 17.7 Å². The number of hydrogen-bond donors (Lipinski definition) is 1. The lowest BCUT2D eigenvalue weighted by Crippen LogP contribution is -1.99. The highest BCUT2D eigenvalue weighted by Gasteiger charge is 2.16. The number of fused-ring (bicyclic) bond motifs is 1. The molecule has 0 fully saturated rings. The van der Waals surface area contributed by atoms with Crippen LogP contribution in [0, 0.1) is 13.8 Å². The molecule has 1 N–H and O–H groups in total. The Morgan fingerprint density at radius 3 is 2.76 bits per heavy atom. The molecule has 21 heavy (non-hydrogen) atoms. The van der Waals surface area contributed by atoms with Crippen LogP contribution in [0.25, 0.3) is 17.1 Å². The van der Waals surface area contributed by atoms with Gasteiger partial charge >= 0.3 is 12.0 Å². The van der Waals surface area contributed by atoms with Crippen molar-refractivity contribution in [2.24, 2.45) is 0 Å². The third kappa shape index (κ3) is 2.08. The van der Waals surface area contributed by atoms with E-state index in [4.69, 9.17) is 9.52 Å². The van der Waals surface area contributed by atoms with E-state index in [0.717, 1.165) is 17.8 Å². The number of carboxylic acids is 1. The van der Waals surface area contributed by atoms with Gasteiger partial charge in [-0.3, -0.25) is 0 Å². The zero-order valence-corrected chi connectivity index (χ0v) is 12.0. The molecule has 108 valence electrons. The van der Waals surface area contributed by atoms with Crippen LogP contribution in [0.5, 0.6) is 0 Å². The Morgan fingerprint density at radius 1 is 1.38 bits per heavy atom. The van der Waals surface area contributed by atoms with Crippen LogP contribution < -0.4 is 0 Å². The maximum atomic E-state index is 11.0. The van der Waals surface area contributed by atoms with Gasteiger partial charge in [-0.05, 0) is 44.0 Å². The van der Waals surface area contributed by atoms with Gasteiger partial charge in [0.2, 0.25) is 0 Å². The van der Waals surface area contributed by atoms with Gasteiger partial charge in [-0.1, -0.05) is 6.92 Å². The fourth-order valence-electron chi connectivity index (χ4n) is 2.51. The van der Waals surface area contributed by atoms with Crippen molar-refractivity contribution in [3.63, 3.8) is 0 Å². The summed E-state index contributed by atoms with van der Waals surface area (Å²) in [5, 5.41) is 13.5. The number of oxazole rings is 1. The van der Waals surface area contributed by atoms with Gasteiger partial charge in [-0.15, -0.1) is 0 Å². The molecule has 2 heterocycles. The molecular formula is C15H15N3O3. The predicted octanol–water partition coefficient (Wildman–Crippen LogP) is 2.89. The summed E-state index contributed by atoms with van der Waals surface area (Å²) in [5.41, 5.74) is 4.33. The largest absolute Gasteiger partial charge is 0.478 e. The van der Waals surface area contributed by atoms with Gasteiger partial charge in [0.1, 0.15) is 5.52 Å². The van der Waals surface area contributed by atoms with E-state index in [2.05, 4.69) is 17.0 Å². The van der Waals surface area contributed by atoms with E-state index in [0.29, 0.717) is 17.1 Å². The Balaban J connectivity index is 2.15. The van der Waals surface area contributed by atoms with E-state index in [-0.39, 0.29) is 5.56 Å². The maximum absolute atomic E-state index is 11.0. The molecule has 0 unspecified atom stereocenters. The third-order valence-electron chi connectivity index (χ3n) is 3.60. The van der Waals surface area contributed by atoms with Crippen molar-refractivity contribution in [1.29, 1.82) is 0 Å². The highest BCUT2D eigenvalue weighted by Crippen LogP contribution is 2.23. The summed E-state index contributed by atoms with van der Waals surface area (Å²) in [7, 11) is 0. The summed E-state index contributed by atoms with van der Waals surface area (Å²) in [5.74, 6) is -0.991. The Labute approximate surface area is 121 Å². The first kappa shape index (κ1) is 13.4. The standard InChI is InChI=1S/C15H15N3O3/c1-4-11-8(2)17-18(9(11)3)15-16-12-6-5-10(14(19)20)7-13(12)21-15/h5-7H,4H2,1-3H3,(H,19,20). The minimum Gasteiger partial charge on any atom is -0.478 e. The smallest absolute Gasteiger partial charge is 0.335 e. The van der Waals surface area contributed by atoms with Crippen LogP contribution >= 0.6 is 0 Å². The van der Waals surface area contributed by atoms with E-state index in [1.54, 1.807) is 10.7 Å². The van der Waals surface area contributed by atoms with Crippen molar-refractivity contribution in [3.8, 4) is 6.01 Å². The van der Waals surface area contributed by atoms with Crippen LogP contribution in [0.3, 0.4) is 0 Å². The molecule has 1 aromatic carbocycles. The van der Waals surface area contributed by atoms with Gasteiger partial charge in [0.05, 0.1) is 11.3 Å². The second-order valence-corrected chi connectivity index (χ2v) is 4.90. The minimum atomic E-state index is -0.991. The van der Waals surface area contributed by atoms with Crippen molar-refractivity contribution in [2.75, 3.05) is 0 Å². The topological polar surface area (TPSA) is 81.2 Å². The molecule has 3 aromatic rings. The average molecular weight is 285 g/mol. The Kier molecular flexibility index (Phi) is 3.01. The lowest BCUT2D eigenvalue weighted by Gasteiger charge is -1.98. The van der Waals surface area contributed by atoms with Crippen molar-refractivity contribution >= 4 is 17.1 Å². The molecule has 0 amide bonds. The molecule has 0 aliphatic heterocycles. The van der Waals surface area contributed by atoms with Crippen LogP contribution in [0.4, 0.5) is 0 Å². The highest BCUT2D eigenvalue weighted by molar-refractivity contribution is 5.91. The van der Waals surface area contributed by atoms with Crippen LogP contribution in [0.15, 0.2) is 22.6 Å². The van der Waals surface area contributed by atoms with Crippen molar-refractivity contribution in [3.05, 3.63) is 40.7 Å². The molecule has 6 heteroatoms. The summed E-state index contributed by atoms with van der Waals surface area (Å²) < 4.78 is 7.33. The fourth-order valence-corrected chi connectivity index (χ4v) is 2.51. The molecule has 6 nitrogen and oxygen atoms in total. The Morgan fingerprint density at radius 2 is 2.14 bits per heavy atom. The molecule has 0 spiro atoms. The Bertz CT molecular complexity index is 845. The van der Waals surface area contributed by atoms with E-state index >= 15 is 0 Å². The monoisotopic (exact) mass is 285 g/mol. The van der Waals surface area contributed by atoms with Crippen molar-refractivity contribution in [2.45, 2.75) is 27.2 Å². The van der Waals surface area contributed by atoms with Gasteiger partial charge in [-0.25, -0.2) is 4.79 Å². The van der Waals surface area contributed by atoms with Gasteiger partial charge in [0.25, 0.3) is 0 Å². The highest BCUT2D eigenvalue weighted by atomic mass is 16.4. The minimum absolute atomic E-state index is 0.174. The van der Waals surface area contributed by atoms with E-state index in [9.17, 15) is 4.79 Å². The van der Waals surface area contributed by atoms with Crippen molar-refractivity contribution in [1.82, 2.24) is 14.8 Å². The van der Waals surface area contributed by atoms with E-state index < -0.39 is 5.97 Å². The summed E-state index contributed by atoms with van der Waals surface area (Å²) in [6.07, 6.45) is 0.890. The lowest BCUT2D eigenvalue weighted by atomic mass is 10.1. The third-order valence-corrected chi connectivity index (χ3v) is 3.60. The molecule has 0 atom stereocenters. The summed E-state index contributed by atoms with van der Waals surface area (Å²) in [6, 6.07) is 4.97. The zero-order valence-electron chi connectivity index (χ0n) is 12.0. The molecule has 0 radical (unpaired) electrons. The SMILES string of the molecule is CCc1c(C)nn(-c2nc3ccc(C(=O)O)cc3o2)c1C.